The third-order valence-corrected chi connectivity index (χ3v) is 5.13. The van der Waals surface area contributed by atoms with Crippen LogP contribution in [0.15, 0.2) is 34.8 Å². The molecule has 100 valence electrons. The fourth-order valence-electron chi connectivity index (χ4n) is 1.61. The van der Waals surface area contributed by atoms with Crippen LogP contribution in [0, 0.1) is 0 Å². The van der Waals surface area contributed by atoms with Gasteiger partial charge in [-0.25, -0.2) is 0 Å². The lowest BCUT2D eigenvalue weighted by Crippen LogP contribution is -2.22. The number of amides is 1. The first-order valence-electron chi connectivity index (χ1n) is 5.91. The van der Waals surface area contributed by atoms with Gasteiger partial charge >= 0.3 is 0 Å². The number of carbonyl (C=O) groups is 1. The van der Waals surface area contributed by atoms with Crippen molar-refractivity contribution in [1.82, 2.24) is 5.32 Å². The molecule has 1 N–H and O–H groups in total. The van der Waals surface area contributed by atoms with Gasteiger partial charge in [-0.15, -0.1) is 11.3 Å². The predicted octanol–water partition coefficient (Wildman–Crippen LogP) is 4.66. The Bertz CT molecular complexity index is 597. The van der Waals surface area contributed by atoms with E-state index in [1.807, 2.05) is 0 Å². The highest BCUT2D eigenvalue weighted by atomic mass is 79.9. The zero-order valence-electron chi connectivity index (χ0n) is 10.4. The number of rotatable bonds is 4. The van der Waals surface area contributed by atoms with Crippen LogP contribution in [0.4, 0.5) is 0 Å². The molecule has 0 spiro atoms. The molecule has 0 aliphatic heterocycles. The Morgan fingerprint density at radius 3 is 2.68 bits per heavy atom. The fourth-order valence-corrected chi connectivity index (χ4v) is 2.94. The van der Waals surface area contributed by atoms with E-state index in [0.29, 0.717) is 17.1 Å². The van der Waals surface area contributed by atoms with Gasteiger partial charge in [-0.05, 0) is 52.7 Å². The van der Waals surface area contributed by atoms with Gasteiger partial charge in [0, 0.05) is 19.8 Å². The standard InChI is InChI=1S/C14H13BrClNOS/c1-2-10-4-5-11(19-10)8-17-14(18)9-3-6-12(15)13(16)7-9/h3-7H,2,8H2,1H3,(H,17,18). The molecule has 1 amide bonds. The molecule has 1 aromatic carbocycles. The minimum Gasteiger partial charge on any atom is -0.347 e. The lowest BCUT2D eigenvalue weighted by Gasteiger charge is -2.05. The van der Waals surface area contributed by atoms with E-state index in [2.05, 4.69) is 40.3 Å². The molecule has 0 fully saturated rings. The van der Waals surface area contributed by atoms with Crippen LogP contribution in [0.2, 0.25) is 5.02 Å². The molecule has 2 rings (SSSR count). The number of hydrogen-bond acceptors (Lipinski definition) is 2. The van der Waals surface area contributed by atoms with Gasteiger partial charge in [-0.3, -0.25) is 4.79 Å². The van der Waals surface area contributed by atoms with Crippen molar-refractivity contribution in [2.24, 2.45) is 0 Å². The van der Waals surface area contributed by atoms with Crippen LogP contribution < -0.4 is 5.32 Å². The largest absolute Gasteiger partial charge is 0.347 e. The molecular weight excluding hydrogens is 346 g/mol. The molecule has 1 aromatic heterocycles. The number of thiophene rings is 1. The molecule has 2 aromatic rings. The van der Waals surface area contributed by atoms with Gasteiger partial charge in [0.15, 0.2) is 0 Å². The van der Waals surface area contributed by atoms with Crippen LogP contribution in [-0.2, 0) is 13.0 Å². The maximum atomic E-state index is 12.0. The van der Waals surface area contributed by atoms with Crippen molar-refractivity contribution >= 4 is 44.8 Å². The zero-order valence-corrected chi connectivity index (χ0v) is 13.5. The Morgan fingerprint density at radius 2 is 2.05 bits per heavy atom. The quantitative estimate of drug-likeness (QED) is 0.846. The van der Waals surface area contributed by atoms with Crippen molar-refractivity contribution in [3.8, 4) is 0 Å². The highest BCUT2D eigenvalue weighted by molar-refractivity contribution is 9.10. The summed E-state index contributed by atoms with van der Waals surface area (Å²) in [6.45, 7) is 2.68. The Hall–Kier alpha value is -0.840. The summed E-state index contributed by atoms with van der Waals surface area (Å²) in [4.78, 5) is 14.5. The SMILES string of the molecule is CCc1ccc(CNC(=O)c2ccc(Br)c(Cl)c2)s1. The molecule has 1 heterocycles. The molecule has 0 saturated heterocycles. The summed E-state index contributed by atoms with van der Waals surface area (Å²) in [5.74, 6) is -0.110. The molecule has 0 saturated carbocycles. The van der Waals surface area contributed by atoms with Crippen molar-refractivity contribution in [3.05, 3.63) is 55.1 Å². The van der Waals surface area contributed by atoms with Crippen LogP contribution >= 0.6 is 38.9 Å². The van der Waals surface area contributed by atoms with Crippen molar-refractivity contribution in [1.29, 1.82) is 0 Å². The smallest absolute Gasteiger partial charge is 0.251 e. The topological polar surface area (TPSA) is 29.1 Å². The summed E-state index contributed by atoms with van der Waals surface area (Å²) < 4.78 is 0.788. The van der Waals surface area contributed by atoms with Crippen LogP contribution in [0.3, 0.4) is 0 Å². The van der Waals surface area contributed by atoms with E-state index >= 15 is 0 Å². The lowest BCUT2D eigenvalue weighted by atomic mass is 10.2. The van der Waals surface area contributed by atoms with Gasteiger partial charge < -0.3 is 5.32 Å². The van der Waals surface area contributed by atoms with Gasteiger partial charge in [0.2, 0.25) is 0 Å². The second-order valence-corrected chi connectivity index (χ2v) is 6.55. The lowest BCUT2D eigenvalue weighted by molar-refractivity contribution is 0.0951. The van der Waals surface area contributed by atoms with Gasteiger partial charge in [-0.2, -0.15) is 0 Å². The minimum atomic E-state index is -0.110. The van der Waals surface area contributed by atoms with Crippen LogP contribution in [0.25, 0.3) is 0 Å². The van der Waals surface area contributed by atoms with Crippen LogP contribution in [-0.4, -0.2) is 5.91 Å². The third-order valence-electron chi connectivity index (χ3n) is 2.67. The summed E-state index contributed by atoms with van der Waals surface area (Å²) in [5, 5.41) is 3.44. The number of hydrogen-bond donors (Lipinski definition) is 1. The van der Waals surface area contributed by atoms with E-state index in [4.69, 9.17) is 11.6 Å². The van der Waals surface area contributed by atoms with Crippen molar-refractivity contribution in [3.63, 3.8) is 0 Å². The second kappa shape index (κ2) is 6.55. The number of nitrogens with one attached hydrogen (secondary N) is 1. The molecular formula is C14H13BrClNOS. The van der Waals surface area contributed by atoms with E-state index in [-0.39, 0.29) is 5.91 Å². The monoisotopic (exact) mass is 357 g/mol. The Balaban J connectivity index is 1.99. The summed E-state index contributed by atoms with van der Waals surface area (Å²) in [6.07, 6.45) is 1.03. The van der Waals surface area contributed by atoms with Crippen molar-refractivity contribution < 1.29 is 4.79 Å². The summed E-state index contributed by atoms with van der Waals surface area (Å²) >= 11 is 11.0. The van der Waals surface area contributed by atoms with E-state index in [0.717, 1.165) is 15.8 Å². The highest BCUT2D eigenvalue weighted by Crippen LogP contribution is 2.23. The molecule has 0 radical (unpaired) electrons. The van der Waals surface area contributed by atoms with E-state index in [1.165, 1.54) is 4.88 Å². The van der Waals surface area contributed by atoms with Crippen LogP contribution in [0.5, 0.6) is 0 Å². The van der Waals surface area contributed by atoms with E-state index < -0.39 is 0 Å². The number of halogens is 2. The number of benzene rings is 1. The molecule has 0 aliphatic rings. The summed E-state index contributed by atoms with van der Waals surface area (Å²) in [7, 11) is 0. The Labute approximate surface area is 129 Å². The molecule has 0 atom stereocenters. The average Bonchev–Trinajstić information content (AvgIpc) is 2.87. The molecule has 0 aliphatic carbocycles. The molecule has 5 heteroatoms. The summed E-state index contributed by atoms with van der Waals surface area (Å²) in [6, 6.07) is 9.34. The van der Waals surface area contributed by atoms with Gasteiger partial charge in [0.25, 0.3) is 5.91 Å². The third kappa shape index (κ3) is 3.81. The van der Waals surface area contributed by atoms with Crippen LogP contribution in [0.1, 0.15) is 27.0 Å². The van der Waals surface area contributed by atoms with Gasteiger partial charge in [-0.1, -0.05) is 18.5 Å². The first kappa shape index (κ1) is 14.6. The molecule has 2 nitrogen and oxygen atoms in total. The van der Waals surface area contributed by atoms with E-state index in [1.54, 1.807) is 29.5 Å². The fraction of sp³-hybridized carbons (Fsp3) is 0.214. The number of aryl methyl sites for hydroxylation is 1. The zero-order chi connectivity index (χ0) is 13.8. The van der Waals surface area contributed by atoms with Gasteiger partial charge in [0.05, 0.1) is 11.6 Å². The maximum Gasteiger partial charge on any atom is 0.251 e. The first-order chi connectivity index (χ1) is 9.10. The first-order valence-corrected chi connectivity index (χ1v) is 7.89. The van der Waals surface area contributed by atoms with Crippen molar-refractivity contribution in [2.75, 3.05) is 0 Å². The molecule has 0 bridgehead atoms. The predicted molar refractivity (Wildman–Crippen MR) is 84.0 cm³/mol. The Morgan fingerprint density at radius 1 is 1.32 bits per heavy atom. The summed E-state index contributed by atoms with van der Waals surface area (Å²) in [5.41, 5.74) is 0.570. The van der Waals surface area contributed by atoms with Crippen molar-refractivity contribution in [2.45, 2.75) is 19.9 Å². The molecule has 0 unspecified atom stereocenters. The highest BCUT2D eigenvalue weighted by Gasteiger charge is 2.08. The molecule has 19 heavy (non-hydrogen) atoms. The number of carbonyl (C=O) groups excluding carboxylic acids is 1. The maximum absolute atomic E-state index is 12.0. The van der Waals surface area contributed by atoms with Gasteiger partial charge in [0.1, 0.15) is 0 Å². The second-order valence-electron chi connectivity index (χ2n) is 4.03. The average molecular weight is 359 g/mol. The minimum absolute atomic E-state index is 0.110. The normalized spacial score (nSPS) is 10.5. The van der Waals surface area contributed by atoms with E-state index in [9.17, 15) is 4.79 Å². The Kier molecular flexibility index (Phi) is 5.02.